The SMILES string of the molecule is CO[C@@H](CNC(=O)c1cc2ccccc2o1)c1ccco1. The van der Waals surface area contributed by atoms with Crippen LogP contribution in [0.15, 0.2) is 57.6 Å². The monoisotopic (exact) mass is 285 g/mol. The third kappa shape index (κ3) is 2.83. The summed E-state index contributed by atoms with van der Waals surface area (Å²) in [6.07, 6.45) is 1.25. The van der Waals surface area contributed by atoms with Gasteiger partial charge in [-0.15, -0.1) is 0 Å². The number of amides is 1. The van der Waals surface area contributed by atoms with Crippen molar-refractivity contribution < 1.29 is 18.4 Å². The van der Waals surface area contributed by atoms with E-state index in [4.69, 9.17) is 13.6 Å². The van der Waals surface area contributed by atoms with Crippen molar-refractivity contribution in [3.05, 3.63) is 60.2 Å². The summed E-state index contributed by atoms with van der Waals surface area (Å²) in [6.45, 7) is 0.305. The maximum atomic E-state index is 12.1. The molecule has 2 heterocycles. The molecular weight excluding hydrogens is 270 g/mol. The summed E-state index contributed by atoms with van der Waals surface area (Å²) in [5.74, 6) is 0.674. The smallest absolute Gasteiger partial charge is 0.287 e. The lowest BCUT2D eigenvalue weighted by atomic mass is 10.2. The highest BCUT2D eigenvalue weighted by Crippen LogP contribution is 2.19. The van der Waals surface area contributed by atoms with Gasteiger partial charge >= 0.3 is 0 Å². The van der Waals surface area contributed by atoms with Crippen LogP contribution in [0.25, 0.3) is 11.0 Å². The molecule has 1 atom stereocenters. The van der Waals surface area contributed by atoms with Gasteiger partial charge in [-0.05, 0) is 24.3 Å². The minimum Gasteiger partial charge on any atom is -0.467 e. The number of hydrogen-bond donors (Lipinski definition) is 1. The van der Waals surface area contributed by atoms with Crippen LogP contribution in [-0.2, 0) is 4.74 Å². The number of benzene rings is 1. The Morgan fingerprint density at radius 2 is 2.14 bits per heavy atom. The van der Waals surface area contributed by atoms with E-state index in [-0.39, 0.29) is 17.8 Å². The van der Waals surface area contributed by atoms with E-state index >= 15 is 0 Å². The Hall–Kier alpha value is -2.53. The van der Waals surface area contributed by atoms with Gasteiger partial charge in [-0.25, -0.2) is 0 Å². The van der Waals surface area contributed by atoms with E-state index in [1.807, 2.05) is 30.3 Å². The van der Waals surface area contributed by atoms with Gasteiger partial charge in [0.05, 0.1) is 12.8 Å². The number of carbonyl (C=O) groups excluding carboxylic acids is 1. The van der Waals surface area contributed by atoms with Crippen molar-refractivity contribution in [1.29, 1.82) is 0 Å². The van der Waals surface area contributed by atoms with Gasteiger partial charge in [0.1, 0.15) is 17.4 Å². The van der Waals surface area contributed by atoms with Gasteiger partial charge in [0.15, 0.2) is 5.76 Å². The van der Waals surface area contributed by atoms with E-state index in [1.54, 1.807) is 25.5 Å². The highest BCUT2D eigenvalue weighted by molar-refractivity contribution is 5.96. The predicted octanol–water partition coefficient (Wildman–Crippen LogP) is 3.14. The molecule has 2 aromatic heterocycles. The van der Waals surface area contributed by atoms with Crippen molar-refractivity contribution in [2.75, 3.05) is 13.7 Å². The molecule has 0 unspecified atom stereocenters. The molecule has 0 aliphatic carbocycles. The number of nitrogens with one attached hydrogen (secondary N) is 1. The summed E-state index contributed by atoms with van der Waals surface area (Å²) >= 11 is 0. The molecule has 0 radical (unpaired) electrons. The van der Waals surface area contributed by atoms with Crippen molar-refractivity contribution in [2.24, 2.45) is 0 Å². The van der Waals surface area contributed by atoms with Crippen LogP contribution >= 0.6 is 0 Å². The normalized spacial score (nSPS) is 12.4. The summed E-state index contributed by atoms with van der Waals surface area (Å²) in [7, 11) is 1.57. The number of ether oxygens (including phenoxy) is 1. The molecule has 21 heavy (non-hydrogen) atoms. The number of methoxy groups -OCH3 is 1. The maximum Gasteiger partial charge on any atom is 0.287 e. The minimum atomic E-state index is -0.326. The topological polar surface area (TPSA) is 64.6 Å². The van der Waals surface area contributed by atoms with Crippen LogP contribution in [0.4, 0.5) is 0 Å². The van der Waals surface area contributed by atoms with Crippen LogP contribution in [0.1, 0.15) is 22.4 Å². The summed E-state index contributed by atoms with van der Waals surface area (Å²) in [6, 6.07) is 12.8. The molecule has 3 aromatic rings. The van der Waals surface area contributed by atoms with Gasteiger partial charge in [-0.2, -0.15) is 0 Å². The van der Waals surface area contributed by atoms with E-state index in [1.165, 1.54) is 0 Å². The molecule has 1 N–H and O–H groups in total. The molecule has 0 saturated carbocycles. The lowest BCUT2D eigenvalue weighted by Gasteiger charge is -2.12. The third-order valence-electron chi connectivity index (χ3n) is 3.24. The number of hydrogen-bond acceptors (Lipinski definition) is 4. The lowest BCUT2D eigenvalue weighted by molar-refractivity contribution is 0.0726. The van der Waals surface area contributed by atoms with Crippen LogP contribution in [0.5, 0.6) is 0 Å². The van der Waals surface area contributed by atoms with Crippen molar-refractivity contribution in [3.63, 3.8) is 0 Å². The van der Waals surface area contributed by atoms with Crippen LogP contribution in [0.2, 0.25) is 0 Å². The van der Waals surface area contributed by atoms with Gasteiger partial charge in [0.25, 0.3) is 5.91 Å². The van der Waals surface area contributed by atoms with Crippen molar-refractivity contribution in [3.8, 4) is 0 Å². The Labute approximate surface area is 121 Å². The van der Waals surface area contributed by atoms with Crippen LogP contribution in [0.3, 0.4) is 0 Å². The van der Waals surface area contributed by atoms with Crippen LogP contribution in [0, 0.1) is 0 Å². The molecule has 0 fully saturated rings. The van der Waals surface area contributed by atoms with Crippen molar-refractivity contribution in [1.82, 2.24) is 5.32 Å². The molecule has 0 aliphatic heterocycles. The van der Waals surface area contributed by atoms with Gasteiger partial charge in [-0.3, -0.25) is 4.79 Å². The van der Waals surface area contributed by atoms with Gasteiger partial charge in [0.2, 0.25) is 0 Å². The number of fused-ring (bicyclic) bond motifs is 1. The molecule has 108 valence electrons. The van der Waals surface area contributed by atoms with Gasteiger partial charge in [-0.1, -0.05) is 18.2 Å². The first kappa shape index (κ1) is 13.5. The molecule has 5 heteroatoms. The first-order valence-electron chi connectivity index (χ1n) is 6.61. The lowest BCUT2D eigenvalue weighted by Crippen LogP contribution is -2.28. The molecule has 5 nitrogen and oxygen atoms in total. The maximum absolute atomic E-state index is 12.1. The van der Waals surface area contributed by atoms with Crippen LogP contribution in [-0.4, -0.2) is 19.6 Å². The van der Waals surface area contributed by atoms with E-state index < -0.39 is 0 Å². The highest BCUT2D eigenvalue weighted by Gasteiger charge is 2.17. The van der Waals surface area contributed by atoms with E-state index in [2.05, 4.69) is 5.32 Å². The molecule has 0 saturated heterocycles. The average molecular weight is 285 g/mol. The van der Waals surface area contributed by atoms with Gasteiger partial charge in [0, 0.05) is 12.5 Å². The van der Waals surface area contributed by atoms with Crippen LogP contribution < -0.4 is 5.32 Å². The number of furan rings is 2. The van der Waals surface area contributed by atoms with Crippen molar-refractivity contribution in [2.45, 2.75) is 6.10 Å². The van der Waals surface area contributed by atoms with Gasteiger partial charge < -0.3 is 18.9 Å². The number of rotatable bonds is 5. The summed E-state index contributed by atoms with van der Waals surface area (Å²) < 4.78 is 16.1. The molecule has 3 rings (SSSR count). The Bertz CT molecular complexity index is 697. The molecule has 1 amide bonds. The standard InChI is InChI=1S/C16H15NO4/c1-19-15(13-7-4-8-20-13)10-17-16(18)14-9-11-5-2-3-6-12(11)21-14/h2-9,15H,10H2,1H3,(H,17,18)/t15-/m0/s1. The Morgan fingerprint density at radius 3 is 2.86 bits per heavy atom. The Morgan fingerprint density at radius 1 is 1.29 bits per heavy atom. The second-order valence-electron chi connectivity index (χ2n) is 4.60. The summed E-state index contributed by atoms with van der Waals surface area (Å²) in [5, 5.41) is 3.68. The molecule has 0 aliphatic rings. The quantitative estimate of drug-likeness (QED) is 0.782. The van der Waals surface area contributed by atoms with E-state index in [0.29, 0.717) is 17.9 Å². The summed E-state index contributed by atoms with van der Waals surface area (Å²) in [5.41, 5.74) is 0.692. The molecule has 0 bridgehead atoms. The molecule has 1 aromatic carbocycles. The zero-order valence-corrected chi connectivity index (χ0v) is 11.5. The first-order valence-corrected chi connectivity index (χ1v) is 6.61. The van der Waals surface area contributed by atoms with E-state index in [0.717, 1.165) is 5.39 Å². The third-order valence-corrected chi connectivity index (χ3v) is 3.24. The summed E-state index contributed by atoms with van der Waals surface area (Å²) in [4.78, 5) is 12.1. The molecule has 0 spiro atoms. The first-order chi connectivity index (χ1) is 10.3. The Balaban J connectivity index is 1.68. The Kier molecular flexibility index (Phi) is 3.75. The average Bonchev–Trinajstić information content (AvgIpc) is 3.16. The number of carbonyl (C=O) groups is 1. The van der Waals surface area contributed by atoms with E-state index in [9.17, 15) is 4.79 Å². The zero-order chi connectivity index (χ0) is 14.7. The largest absolute Gasteiger partial charge is 0.467 e. The fraction of sp³-hybridized carbons (Fsp3) is 0.188. The predicted molar refractivity (Wildman–Crippen MR) is 77.0 cm³/mol. The van der Waals surface area contributed by atoms with Crippen molar-refractivity contribution >= 4 is 16.9 Å². The number of para-hydroxylation sites is 1. The highest BCUT2D eigenvalue weighted by atomic mass is 16.5. The molecular formula is C16H15NO4. The second kappa shape index (κ2) is 5.85. The zero-order valence-electron chi connectivity index (χ0n) is 11.5. The minimum absolute atomic E-state index is 0.278. The second-order valence-corrected chi connectivity index (χ2v) is 4.60. The fourth-order valence-electron chi connectivity index (χ4n) is 2.14. The fourth-order valence-corrected chi connectivity index (χ4v) is 2.14.